The highest BCUT2D eigenvalue weighted by Crippen LogP contribution is 2.33. The van der Waals surface area contributed by atoms with Crippen LogP contribution in [0.1, 0.15) is 29.6 Å². The number of rotatable bonds is 4. The molecule has 0 radical (unpaired) electrons. The highest BCUT2D eigenvalue weighted by atomic mass is 35.5. The summed E-state index contributed by atoms with van der Waals surface area (Å²) in [4.78, 5) is 9.13. The zero-order valence-corrected chi connectivity index (χ0v) is 13.2. The lowest BCUT2D eigenvalue weighted by Gasteiger charge is -2.11. The summed E-state index contributed by atoms with van der Waals surface area (Å²) in [5.74, 6) is 2.98. The van der Waals surface area contributed by atoms with Crippen LogP contribution in [0.25, 0.3) is 0 Å². The first-order valence-electron chi connectivity index (χ1n) is 6.82. The third kappa shape index (κ3) is 2.99. The molecule has 0 atom stereocenters. The molecule has 3 nitrogen and oxygen atoms in total. The molecule has 0 spiro atoms. The number of hydrogen-bond donors (Lipinski definition) is 1. The number of hydrogen-bond acceptors (Lipinski definition) is 4. The first-order chi connectivity index (χ1) is 10.2. The van der Waals surface area contributed by atoms with Crippen molar-refractivity contribution in [2.75, 3.05) is 11.9 Å². The Kier molecular flexibility index (Phi) is 4.31. The lowest BCUT2D eigenvalue weighted by Crippen LogP contribution is -2.09. The highest BCUT2D eigenvalue weighted by molar-refractivity contribution is 7.98. The molecular weight excluding hydrogens is 309 g/mol. The summed E-state index contributed by atoms with van der Waals surface area (Å²) in [6, 6.07) is 4.70. The van der Waals surface area contributed by atoms with E-state index in [1.807, 2.05) is 18.7 Å². The molecule has 0 unspecified atom stereocenters. The number of aromatic nitrogens is 2. The Morgan fingerprint density at radius 3 is 2.95 bits per heavy atom. The van der Waals surface area contributed by atoms with Crippen LogP contribution in [0.15, 0.2) is 18.2 Å². The van der Waals surface area contributed by atoms with Crippen LogP contribution >= 0.6 is 23.4 Å². The van der Waals surface area contributed by atoms with Crippen molar-refractivity contribution < 1.29 is 4.39 Å². The molecular formula is C15H15ClFN3S. The highest BCUT2D eigenvalue weighted by Gasteiger charge is 2.20. The molecule has 1 aliphatic rings. The van der Waals surface area contributed by atoms with Gasteiger partial charge in [0.25, 0.3) is 0 Å². The van der Waals surface area contributed by atoms with Gasteiger partial charge in [0, 0.05) is 40.6 Å². The summed E-state index contributed by atoms with van der Waals surface area (Å²) in [5, 5.41) is 3.69. The van der Waals surface area contributed by atoms with E-state index in [4.69, 9.17) is 11.6 Å². The minimum absolute atomic E-state index is 0.307. The number of benzene rings is 1. The minimum Gasteiger partial charge on any atom is -0.370 e. The molecule has 2 heterocycles. The maximum atomic E-state index is 13.9. The van der Waals surface area contributed by atoms with E-state index >= 15 is 0 Å². The van der Waals surface area contributed by atoms with Gasteiger partial charge < -0.3 is 5.32 Å². The standard InChI is InChI=1S/C15H15ClFN3S/c1-2-18-15-10-7-21-8-13(10)19-14(20-15)6-9-11(16)4-3-5-12(9)17/h3-5H,2,6-8H2,1H3,(H,18,19,20). The second-order valence-corrected chi connectivity index (χ2v) is 6.21. The van der Waals surface area contributed by atoms with E-state index in [1.165, 1.54) is 11.6 Å². The second-order valence-electron chi connectivity index (χ2n) is 4.81. The summed E-state index contributed by atoms with van der Waals surface area (Å²) in [5.41, 5.74) is 2.67. The van der Waals surface area contributed by atoms with Crippen molar-refractivity contribution >= 4 is 29.2 Å². The fourth-order valence-electron chi connectivity index (χ4n) is 2.35. The second kappa shape index (κ2) is 6.20. The predicted molar refractivity (Wildman–Crippen MR) is 85.4 cm³/mol. The van der Waals surface area contributed by atoms with Gasteiger partial charge in [-0.1, -0.05) is 17.7 Å². The van der Waals surface area contributed by atoms with Crippen molar-refractivity contribution in [2.45, 2.75) is 24.9 Å². The van der Waals surface area contributed by atoms with Crippen molar-refractivity contribution in [3.05, 3.63) is 51.7 Å². The molecule has 0 bridgehead atoms. The molecule has 0 saturated carbocycles. The van der Waals surface area contributed by atoms with Crippen LogP contribution in [0.4, 0.5) is 10.2 Å². The molecule has 1 aromatic carbocycles. The molecule has 110 valence electrons. The van der Waals surface area contributed by atoms with E-state index < -0.39 is 0 Å². The van der Waals surface area contributed by atoms with Crippen molar-refractivity contribution in [1.82, 2.24) is 9.97 Å². The smallest absolute Gasteiger partial charge is 0.135 e. The monoisotopic (exact) mass is 323 g/mol. The van der Waals surface area contributed by atoms with Crippen LogP contribution in [-0.2, 0) is 17.9 Å². The van der Waals surface area contributed by atoms with Gasteiger partial charge in [-0.3, -0.25) is 0 Å². The van der Waals surface area contributed by atoms with Crippen molar-refractivity contribution in [3.8, 4) is 0 Å². The number of halogens is 2. The van der Waals surface area contributed by atoms with Crippen LogP contribution in [0.3, 0.4) is 0 Å². The predicted octanol–water partition coefficient (Wildman–Crippen LogP) is 4.04. The molecule has 0 saturated heterocycles. The van der Waals surface area contributed by atoms with Gasteiger partial charge in [-0.25, -0.2) is 14.4 Å². The maximum Gasteiger partial charge on any atom is 0.135 e. The van der Waals surface area contributed by atoms with Gasteiger partial charge in [0.1, 0.15) is 17.5 Å². The summed E-state index contributed by atoms with van der Waals surface area (Å²) in [7, 11) is 0. The first kappa shape index (κ1) is 14.6. The summed E-state index contributed by atoms with van der Waals surface area (Å²) >= 11 is 7.90. The van der Waals surface area contributed by atoms with Crippen LogP contribution in [0.5, 0.6) is 0 Å². The molecule has 1 N–H and O–H groups in total. The average Bonchev–Trinajstić information content (AvgIpc) is 2.92. The molecule has 2 aromatic rings. The Labute approximate surface area is 132 Å². The van der Waals surface area contributed by atoms with Crippen molar-refractivity contribution in [1.29, 1.82) is 0 Å². The lowest BCUT2D eigenvalue weighted by atomic mass is 10.1. The van der Waals surface area contributed by atoms with Gasteiger partial charge in [0.05, 0.1) is 5.69 Å². The van der Waals surface area contributed by atoms with Gasteiger partial charge in [-0.15, -0.1) is 0 Å². The molecule has 21 heavy (non-hydrogen) atoms. The van der Waals surface area contributed by atoms with E-state index in [0.29, 0.717) is 22.8 Å². The maximum absolute atomic E-state index is 13.9. The van der Waals surface area contributed by atoms with Gasteiger partial charge in [-0.2, -0.15) is 11.8 Å². The quantitative estimate of drug-likeness (QED) is 0.921. The van der Waals surface area contributed by atoms with Gasteiger partial charge in [0.15, 0.2) is 0 Å². The number of nitrogens with zero attached hydrogens (tertiary/aromatic N) is 2. The van der Waals surface area contributed by atoms with Crippen molar-refractivity contribution in [2.24, 2.45) is 0 Å². The fraction of sp³-hybridized carbons (Fsp3) is 0.333. The number of thioether (sulfide) groups is 1. The largest absolute Gasteiger partial charge is 0.370 e. The molecule has 1 aromatic heterocycles. The summed E-state index contributed by atoms with van der Waals surface area (Å²) in [6.07, 6.45) is 0.307. The normalized spacial score (nSPS) is 13.3. The third-order valence-electron chi connectivity index (χ3n) is 3.37. The topological polar surface area (TPSA) is 37.8 Å². The molecule has 0 aliphatic carbocycles. The van der Waals surface area contributed by atoms with Gasteiger partial charge in [0.2, 0.25) is 0 Å². The van der Waals surface area contributed by atoms with E-state index in [2.05, 4.69) is 15.3 Å². The lowest BCUT2D eigenvalue weighted by molar-refractivity contribution is 0.612. The Bertz CT molecular complexity index is 658. The van der Waals surface area contributed by atoms with Crippen LogP contribution < -0.4 is 5.32 Å². The van der Waals surface area contributed by atoms with Crippen molar-refractivity contribution in [3.63, 3.8) is 0 Å². The van der Waals surface area contributed by atoms with Crippen LogP contribution in [0, 0.1) is 5.82 Å². The van der Waals surface area contributed by atoms with Crippen LogP contribution in [0.2, 0.25) is 5.02 Å². The Morgan fingerprint density at radius 1 is 1.33 bits per heavy atom. The number of anilines is 1. The fourth-order valence-corrected chi connectivity index (χ4v) is 3.63. The van der Waals surface area contributed by atoms with Crippen LogP contribution in [-0.4, -0.2) is 16.5 Å². The van der Waals surface area contributed by atoms with E-state index in [9.17, 15) is 4.39 Å². The van der Waals surface area contributed by atoms with E-state index in [0.717, 1.165) is 29.6 Å². The minimum atomic E-state index is -0.314. The average molecular weight is 324 g/mol. The molecule has 6 heteroatoms. The zero-order chi connectivity index (χ0) is 14.8. The third-order valence-corrected chi connectivity index (χ3v) is 4.69. The molecule has 0 fully saturated rings. The van der Waals surface area contributed by atoms with Gasteiger partial charge in [-0.05, 0) is 19.1 Å². The molecule has 1 aliphatic heterocycles. The Balaban J connectivity index is 1.98. The first-order valence-corrected chi connectivity index (χ1v) is 8.35. The zero-order valence-electron chi connectivity index (χ0n) is 11.6. The van der Waals surface area contributed by atoms with E-state index in [-0.39, 0.29) is 5.82 Å². The Morgan fingerprint density at radius 2 is 2.19 bits per heavy atom. The number of fused-ring (bicyclic) bond motifs is 1. The summed E-state index contributed by atoms with van der Waals surface area (Å²) in [6.45, 7) is 2.83. The SMILES string of the molecule is CCNc1nc(Cc2c(F)cccc2Cl)nc2c1CSC2. The Hall–Kier alpha value is -1.33. The number of nitrogens with one attached hydrogen (secondary N) is 1. The summed E-state index contributed by atoms with van der Waals surface area (Å²) < 4.78 is 13.9. The van der Waals surface area contributed by atoms with E-state index in [1.54, 1.807) is 12.1 Å². The van der Waals surface area contributed by atoms with Gasteiger partial charge >= 0.3 is 0 Å². The molecule has 0 amide bonds. The molecule has 3 rings (SSSR count).